The summed E-state index contributed by atoms with van der Waals surface area (Å²) in [5.74, 6) is 1.04. The predicted molar refractivity (Wildman–Crippen MR) is 74.8 cm³/mol. The summed E-state index contributed by atoms with van der Waals surface area (Å²) in [6.07, 6.45) is 0.513. The normalized spacial score (nSPS) is 13.2. The van der Waals surface area contributed by atoms with E-state index in [2.05, 4.69) is 41.7 Å². The van der Waals surface area contributed by atoms with Crippen LogP contribution in [0.3, 0.4) is 0 Å². The third-order valence-corrected chi connectivity index (χ3v) is 4.02. The first kappa shape index (κ1) is 11.4. The number of hydrogen-bond acceptors (Lipinski definition) is 2. The van der Waals surface area contributed by atoms with Crippen molar-refractivity contribution in [2.75, 3.05) is 5.32 Å². The highest BCUT2D eigenvalue weighted by atomic mass is 32.2. The van der Waals surface area contributed by atoms with Crippen LogP contribution in [0.4, 0.5) is 5.69 Å². The van der Waals surface area contributed by atoms with Gasteiger partial charge in [-0.05, 0) is 23.3 Å². The Labute approximate surface area is 110 Å². The number of fused-ring (bicyclic) bond motifs is 1. The number of thioether (sulfide) groups is 1. The Morgan fingerprint density at radius 3 is 2.78 bits per heavy atom. The molecule has 1 aliphatic heterocycles. The maximum atomic E-state index is 11.3. The smallest absolute Gasteiger partial charge is 0.228 e. The third kappa shape index (κ3) is 2.41. The van der Waals surface area contributed by atoms with Gasteiger partial charge in [0.25, 0.3) is 0 Å². The Balaban J connectivity index is 1.71. The van der Waals surface area contributed by atoms with Gasteiger partial charge in [-0.2, -0.15) is 0 Å². The Morgan fingerprint density at radius 1 is 1.11 bits per heavy atom. The second-order valence-electron chi connectivity index (χ2n) is 4.32. The summed E-state index contributed by atoms with van der Waals surface area (Å²) in [6.45, 7) is 0. The molecule has 3 rings (SSSR count). The monoisotopic (exact) mass is 255 g/mol. The first-order valence-electron chi connectivity index (χ1n) is 5.91. The van der Waals surface area contributed by atoms with Gasteiger partial charge in [-0.1, -0.05) is 36.4 Å². The van der Waals surface area contributed by atoms with E-state index in [-0.39, 0.29) is 5.91 Å². The van der Waals surface area contributed by atoms with Gasteiger partial charge < -0.3 is 5.32 Å². The molecule has 0 unspecified atom stereocenters. The fourth-order valence-corrected chi connectivity index (χ4v) is 2.92. The van der Waals surface area contributed by atoms with Crippen LogP contribution < -0.4 is 5.32 Å². The van der Waals surface area contributed by atoms with Crippen molar-refractivity contribution in [1.82, 2.24) is 0 Å². The molecule has 90 valence electrons. The lowest BCUT2D eigenvalue weighted by Crippen LogP contribution is -2.03. The Bertz CT molecular complexity index is 580. The lowest BCUT2D eigenvalue weighted by Gasteiger charge is -2.04. The molecule has 1 N–H and O–H groups in total. The fraction of sp³-hybridized carbons (Fsp3) is 0.133. The van der Waals surface area contributed by atoms with Gasteiger partial charge in [0.15, 0.2) is 0 Å². The van der Waals surface area contributed by atoms with Crippen LogP contribution in [0.25, 0.3) is 0 Å². The number of carbonyl (C=O) groups is 1. The molecular formula is C15H13NOS. The minimum Gasteiger partial charge on any atom is -0.325 e. The average Bonchev–Trinajstić information content (AvgIpc) is 2.77. The van der Waals surface area contributed by atoms with E-state index in [0.717, 1.165) is 17.0 Å². The quantitative estimate of drug-likeness (QED) is 0.851. The average molecular weight is 255 g/mol. The van der Waals surface area contributed by atoms with Crippen molar-refractivity contribution in [2.24, 2.45) is 0 Å². The van der Waals surface area contributed by atoms with E-state index in [1.165, 1.54) is 10.5 Å². The maximum Gasteiger partial charge on any atom is 0.228 e. The van der Waals surface area contributed by atoms with Crippen LogP contribution >= 0.6 is 11.8 Å². The summed E-state index contributed by atoms with van der Waals surface area (Å²) in [5.41, 5.74) is 3.38. The molecule has 1 aliphatic rings. The first-order chi connectivity index (χ1) is 8.81. The van der Waals surface area contributed by atoms with Gasteiger partial charge in [0.05, 0.1) is 6.42 Å². The molecule has 2 nitrogen and oxygen atoms in total. The molecule has 0 fully saturated rings. The van der Waals surface area contributed by atoms with Crippen molar-refractivity contribution < 1.29 is 4.79 Å². The van der Waals surface area contributed by atoms with E-state index < -0.39 is 0 Å². The molecule has 2 aromatic carbocycles. The Morgan fingerprint density at radius 2 is 1.94 bits per heavy atom. The molecule has 18 heavy (non-hydrogen) atoms. The molecule has 0 radical (unpaired) electrons. The summed E-state index contributed by atoms with van der Waals surface area (Å²) in [5, 5.41) is 2.88. The fourth-order valence-electron chi connectivity index (χ4n) is 2.02. The highest BCUT2D eigenvalue weighted by Gasteiger charge is 2.17. The molecule has 0 atom stereocenters. The molecule has 1 heterocycles. The number of benzene rings is 2. The zero-order valence-electron chi connectivity index (χ0n) is 9.85. The number of rotatable bonds is 3. The molecule has 0 aromatic heterocycles. The minimum absolute atomic E-state index is 0.0928. The molecule has 0 aliphatic carbocycles. The van der Waals surface area contributed by atoms with Crippen LogP contribution in [-0.2, 0) is 17.0 Å². The Hall–Kier alpha value is -1.74. The van der Waals surface area contributed by atoms with Crippen molar-refractivity contribution in [1.29, 1.82) is 0 Å². The summed E-state index contributed by atoms with van der Waals surface area (Å²) < 4.78 is 0. The molecule has 1 amide bonds. The summed E-state index contributed by atoms with van der Waals surface area (Å²) in [7, 11) is 0. The van der Waals surface area contributed by atoms with Gasteiger partial charge in [-0.3, -0.25) is 4.79 Å². The minimum atomic E-state index is 0.0928. The predicted octanol–water partition coefficient (Wildman–Crippen LogP) is 3.47. The SMILES string of the molecule is O=C1Cc2ccc(SCc3ccccc3)cc2N1. The topological polar surface area (TPSA) is 29.1 Å². The van der Waals surface area contributed by atoms with Crippen LogP contribution in [0.1, 0.15) is 11.1 Å². The van der Waals surface area contributed by atoms with Crippen molar-refractivity contribution in [3.8, 4) is 0 Å². The number of hydrogen-bond donors (Lipinski definition) is 1. The number of amides is 1. The van der Waals surface area contributed by atoms with Crippen molar-refractivity contribution in [2.45, 2.75) is 17.1 Å². The molecule has 2 aromatic rings. The second-order valence-corrected chi connectivity index (χ2v) is 5.37. The molecule has 0 bridgehead atoms. The molecule has 0 spiro atoms. The second kappa shape index (κ2) is 4.86. The van der Waals surface area contributed by atoms with Gasteiger partial charge in [0, 0.05) is 16.3 Å². The summed E-state index contributed by atoms with van der Waals surface area (Å²) >= 11 is 1.79. The zero-order chi connectivity index (χ0) is 12.4. The lowest BCUT2D eigenvalue weighted by molar-refractivity contribution is -0.115. The molecule has 3 heteroatoms. The van der Waals surface area contributed by atoms with E-state index in [4.69, 9.17) is 0 Å². The van der Waals surface area contributed by atoms with Crippen LogP contribution in [0.5, 0.6) is 0 Å². The van der Waals surface area contributed by atoms with Gasteiger partial charge in [-0.15, -0.1) is 11.8 Å². The van der Waals surface area contributed by atoms with Crippen LogP contribution in [0.15, 0.2) is 53.4 Å². The van der Waals surface area contributed by atoms with Crippen LogP contribution in [0, 0.1) is 0 Å². The van der Waals surface area contributed by atoms with Gasteiger partial charge in [-0.25, -0.2) is 0 Å². The highest BCUT2D eigenvalue weighted by molar-refractivity contribution is 7.98. The van der Waals surface area contributed by atoms with E-state index in [1.807, 2.05) is 12.1 Å². The Kier molecular flexibility index (Phi) is 3.07. The van der Waals surface area contributed by atoms with E-state index in [9.17, 15) is 4.79 Å². The highest BCUT2D eigenvalue weighted by Crippen LogP contribution is 2.30. The molecular weight excluding hydrogens is 242 g/mol. The summed E-state index contributed by atoms with van der Waals surface area (Å²) in [4.78, 5) is 12.5. The van der Waals surface area contributed by atoms with Crippen molar-refractivity contribution >= 4 is 23.4 Å². The van der Waals surface area contributed by atoms with Crippen LogP contribution in [-0.4, -0.2) is 5.91 Å². The molecule has 0 saturated carbocycles. The number of anilines is 1. The largest absolute Gasteiger partial charge is 0.325 e. The van der Waals surface area contributed by atoms with Crippen molar-refractivity contribution in [3.63, 3.8) is 0 Å². The van der Waals surface area contributed by atoms with Gasteiger partial charge in [0.1, 0.15) is 0 Å². The van der Waals surface area contributed by atoms with Crippen molar-refractivity contribution in [3.05, 3.63) is 59.7 Å². The maximum absolute atomic E-state index is 11.3. The third-order valence-electron chi connectivity index (χ3n) is 2.95. The zero-order valence-corrected chi connectivity index (χ0v) is 10.7. The van der Waals surface area contributed by atoms with E-state index in [0.29, 0.717) is 6.42 Å². The van der Waals surface area contributed by atoms with E-state index >= 15 is 0 Å². The van der Waals surface area contributed by atoms with Crippen LogP contribution in [0.2, 0.25) is 0 Å². The van der Waals surface area contributed by atoms with E-state index in [1.54, 1.807) is 11.8 Å². The first-order valence-corrected chi connectivity index (χ1v) is 6.89. The van der Waals surface area contributed by atoms with Gasteiger partial charge in [0.2, 0.25) is 5.91 Å². The number of carbonyl (C=O) groups excluding carboxylic acids is 1. The number of nitrogens with one attached hydrogen (secondary N) is 1. The standard InChI is InChI=1S/C15H13NOS/c17-15-8-12-6-7-13(9-14(12)16-15)18-10-11-4-2-1-3-5-11/h1-7,9H,8,10H2,(H,16,17). The lowest BCUT2D eigenvalue weighted by atomic mass is 10.2. The molecule has 0 saturated heterocycles. The summed E-state index contributed by atoms with van der Waals surface area (Å²) in [6, 6.07) is 16.6. The van der Waals surface area contributed by atoms with Gasteiger partial charge >= 0.3 is 0 Å².